The zero-order valence-electron chi connectivity index (χ0n) is 14.2. The first kappa shape index (κ1) is 19.7. The smallest absolute Gasteiger partial charge is 0.338 e. The van der Waals surface area contributed by atoms with Crippen LogP contribution >= 0.6 is 0 Å². The lowest BCUT2D eigenvalue weighted by Gasteiger charge is -2.12. The molecule has 24 heavy (non-hydrogen) atoms. The molecule has 6 nitrogen and oxygen atoms in total. The number of hydrogen-bond donors (Lipinski definition) is 2. The van der Waals surface area contributed by atoms with E-state index in [0.717, 1.165) is 12.8 Å². The van der Waals surface area contributed by atoms with Crippen molar-refractivity contribution >= 4 is 23.5 Å². The SMILES string of the molecule is CCCC[C@@H](CCC(=O)Nc1ccc(C(=O)OCC)cc1)C(=O)O. The molecular weight excluding hydrogens is 310 g/mol. The number of esters is 1. The van der Waals surface area contributed by atoms with Gasteiger partial charge in [0.15, 0.2) is 0 Å². The molecule has 6 heteroatoms. The lowest BCUT2D eigenvalue weighted by Crippen LogP contribution is -2.18. The molecule has 2 N–H and O–H groups in total. The fraction of sp³-hybridized carbons (Fsp3) is 0.500. The quantitative estimate of drug-likeness (QED) is 0.639. The standard InChI is InChI=1S/C18H25NO5/c1-3-5-6-13(17(21)22)9-12-16(20)19-15-10-7-14(8-11-15)18(23)24-4-2/h7-8,10-11,13H,3-6,9,12H2,1-2H3,(H,19,20)(H,21,22)/t13-/m0/s1. The lowest BCUT2D eigenvalue weighted by atomic mass is 9.97. The number of carbonyl (C=O) groups excluding carboxylic acids is 2. The predicted molar refractivity (Wildman–Crippen MR) is 90.9 cm³/mol. The first-order valence-corrected chi connectivity index (χ1v) is 8.27. The van der Waals surface area contributed by atoms with Gasteiger partial charge in [0.1, 0.15) is 0 Å². The van der Waals surface area contributed by atoms with Crippen molar-refractivity contribution in [1.82, 2.24) is 0 Å². The minimum absolute atomic E-state index is 0.153. The van der Waals surface area contributed by atoms with E-state index in [1.807, 2.05) is 6.92 Å². The molecule has 0 radical (unpaired) electrons. The Bertz CT molecular complexity index is 553. The minimum atomic E-state index is -0.852. The summed E-state index contributed by atoms with van der Waals surface area (Å²) in [7, 11) is 0. The maximum atomic E-state index is 11.9. The van der Waals surface area contributed by atoms with Crippen molar-refractivity contribution in [3.63, 3.8) is 0 Å². The Balaban J connectivity index is 2.49. The summed E-state index contributed by atoms with van der Waals surface area (Å²) < 4.78 is 4.89. The van der Waals surface area contributed by atoms with Gasteiger partial charge in [-0.1, -0.05) is 19.8 Å². The van der Waals surface area contributed by atoms with Crippen molar-refractivity contribution in [2.75, 3.05) is 11.9 Å². The molecule has 0 spiro atoms. The number of rotatable bonds is 10. The van der Waals surface area contributed by atoms with Crippen LogP contribution in [0.1, 0.15) is 56.3 Å². The highest BCUT2D eigenvalue weighted by molar-refractivity contribution is 5.93. The molecule has 0 saturated carbocycles. The summed E-state index contributed by atoms with van der Waals surface area (Å²) in [6.07, 6.45) is 2.84. The van der Waals surface area contributed by atoms with E-state index in [-0.39, 0.29) is 12.3 Å². The fourth-order valence-corrected chi connectivity index (χ4v) is 2.27. The number of carbonyl (C=O) groups is 3. The van der Waals surface area contributed by atoms with Gasteiger partial charge in [0.2, 0.25) is 5.91 Å². The number of carboxylic acid groups (broad SMARTS) is 1. The molecule has 0 saturated heterocycles. The second kappa shape index (κ2) is 10.4. The molecule has 1 atom stereocenters. The Morgan fingerprint density at radius 2 is 1.79 bits per heavy atom. The summed E-state index contributed by atoms with van der Waals surface area (Å²) >= 11 is 0. The normalized spacial score (nSPS) is 11.6. The molecule has 0 aromatic heterocycles. The number of amides is 1. The summed E-state index contributed by atoms with van der Waals surface area (Å²) in [6.45, 7) is 4.04. The van der Waals surface area contributed by atoms with E-state index >= 15 is 0 Å². The number of unbranched alkanes of at least 4 members (excludes halogenated alkanes) is 1. The van der Waals surface area contributed by atoms with E-state index in [1.165, 1.54) is 0 Å². The van der Waals surface area contributed by atoms with Gasteiger partial charge in [0, 0.05) is 12.1 Å². The Hall–Kier alpha value is -2.37. The molecular formula is C18H25NO5. The summed E-state index contributed by atoms with van der Waals surface area (Å²) in [5.41, 5.74) is 0.980. The van der Waals surface area contributed by atoms with Crippen molar-refractivity contribution in [2.45, 2.75) is 46.0 Å². The first-order valence-electron chi connectivity index (χ1n) is 8.27. The van der Waals surface area contributed by atoms with E-state index in [0.29, 0.717) is 30.7 Å². The van der Waals surface area contributed by atoms with Gasteiger partial charge in [-0.15, -0.1) is 0 Å². The average molecular weight is 335 g/mol. The summed E-state index contributed by atoms with van der Waals surface area (Å²) in [5.74, 6) is -1.98. The van der Waals surface area contributed by atoms with Crippen LogP contribution in [0.25, 0.3) is 0 Å². The molecule has 1 rings (SSSR count). The molecule has 0 bridgehead atoms. The van der Waals surface area contributed by atoms with E-state index in [4.69, 9.17) is 9.84 Å². The van der Waals surface area contributed by atoms with Gasteiger partial charge in [-0.2, -0.15) is 0 Å². The molecule has 0 aliphatic carbocycles. The van der Waals surface area contributed by atoms with Crippen LogP contribution in [0, 0.1) is 5.92 Å². The number of ether oxygens (including phenoxy) is 1. The number of hydrogen-bond acceptors (Lipinski definition) is 4. The minimum Gasteiger partial charge on any atom is -0.481 e. The van der Waals surface area contributed by atoms with Crippen molar-refractivity contribution in [3.05, 3.63) is 29.8 Å². The van der Waals surface area contributed by atoms with E-state index in [2.05, 4.69) is 5.32 Å². The van der Waals surface area contributed by atoms with Gasteiger partial charge < -0.3 is 15.2 Å². The Morgan fingerprint density at radius 1 is 1.12 bits per heavy atom. The fourth-order valence-electron chi connectivity index (χ4n) is 2.27. The predicted octanol–water partition coefficient (Wildman–Crippen LogP) is 3.47. The topological polar surface area (TPSA) is 92.7 Å². The number of carboxylic acids is 1. The van der Waals surface area contributed by atoms with Crippen LogP contribution in [0.3, 0.4) is 0 Å². The van der Waals surface area contributed by atoms with E-state index in [1.54, 1.807) is 31.2 Å². The zero-order valence-corrected chi connectivity index (χ0v) is 14.2. The van der Waals surface area contributed by atoms with Gasteiger partial charge in [0.25, 0.3) is 0 Å². The first-order chi connectivity index (χ1) is 11.5. The molecule has 0 unspecified atom stereocenters. The van der Waals surface area contributed by atoms with Crippen molar-refractivity contribution in [2.24, 2.45) is 5.92 Å². The summed E-state index contributed by atoms with van der Waals surface area (Å²) in [6, 6.07) is 6.40. The van der Waals surface area contributed by atoms with Crippen LogP contribution in [0.5, 0.6) is 0 Å². The van der Waals surface area contributed by atoms with Crippen LogP contribution in [-0.4, -0.2) is 29.6 Å². The maximum absolute atomic E-state index is 11.9. The maximum Gasteiger partial charge on any atom is 0.338 e. The molecule has 0 heterocycles. The van der Waals surface area contributed by atoms with Crippen LogP contribution in [0.15, 0.2) is 24.3 Å². The van der Waals surface area contributed by atoms with Gasteiger partial charge in [-0.25, -0.2) is 4.79 Å². The largest absolute Gasteiger partial charge is 0.481 e. The second-order valence-electron chi connectivity index (χ2n) is 5.56. The molecule has 0 fully saturated rings. The third kappa shape index (κ3) is 6.81. The van der Waals surface area contributed by atoms with Gasteiger partial charge in [-0.05, 0) is 44.0 Å². The Morgan fingerprint density at radius 3 is 2.33 bits per heavy atom. The average Bonchev–Trinajstić information content (AvgIpc) is 2.55. The molecule has 1 amide bonds. The lowest BCUT2D eigenvalue weighted by molar-refractivity contribution is -0.142. The van der Waals surface area contributed by atoms with Crippen molar-refractivity contribution in [3.8, 4) is 0 Å². The second-order valence-corrected chi connectivity index (χ2v) is 5.56. The van der Waals surface area contributed by atoms with Crippen molar-refractivity contribution in [1.29, 1.82) is 0 Å². The van der Waals surface area contributed by atoms with Crippen LogP contribution < -0.4 is 5.32 Å². The molecule has 0 aliphatic rings. The van der Waals surface area contributed by atoms with Crippen LogP contribution in [0.4, 0.5) is 5.69 Å². The molecule has 0 aliphatic heterocycles. The monoisotopic (exact) mass is 335 g/mol. The summed E-state index contributed by atoms with van der Waals surface area (Å²) in [4.78, 5) is 34.6. The molecule has 132 valence electrons. The van der Waals surface area contributed by atoms with Crippen LogP contribution in [0.2, 0.25) is 0 Å². The highest BCUT2D eigenvalue weighted by Gasteiger charge is 2.18. The zero-order chi connectivity index (χ0) is 17.9. The third-order valence-corrected chi connectivity index (χ3v) is 3.66. The van der Waals surface area contributed by atoms with Crippen LogP contribution in [-0.2, 0) is 14.3 Å². The van der Waals surface area contributed by atoms with Gasteiger partial charge in [0.05, 0.1) is 18.1 Å². The Kier molecular flexibility index (Phi) is 8.54. The number of aliphatic carboxylic acids is 1. The molecule has 1 aromatic rings. The third-order valence-electron chi connectivity index (χ3n) is 3.66. The number of nitrogens with one attached hydrogen (secondary N) is 1. The highest BCUT2D eigenvalue weighted by atomic mass is 16.5. The highest BCUT2D eigenvalue weighted by Crippen LogP contribution is 2.17. The van der Waals surface area contributed by atoms with E-state index < -0.39 is 17.9 Å². The number of benzene rings is 1. The molecule has 1 aromatic carbocycles. The summed E-state index contributed by atoms with van der Waals surface area (Å²) in [5, 5.41) is 11.9. The van der Waals surface area contributed by atoms with E-state index in [9.17, 15) is 14.4 Å². The van der Waals surface area contributed by atoms with Gasteiger partial charge in [-0.3, -0.25) is 9.59 Å². The van der Waals surface area contributed by atoms with Gasteiger partial charge >= 0.3 is 11.9 Å². The Labute approximate surface area is 142 Å². The number of anilines is 1. The van der Waals surface area contributed by atoms with Crippen molar-refractivity contribution < 1.29 is 24.2 Å².